The van der Waals surface area contributed by atoms with Gasteiger partial charge in [0.15, 0.2) is 5.78 Å². The molecule has 0 N–H and O–H groups in total. The zero-order chi connectivity index (χ0) is 15.3. The summed E-state index contributed by atoms with van der Waals surface area (Å²) in [5.41, 5.74) is 0.464. The number of nitriles is 1. The molecule has 0 aliphatic heterocycles. The number of Topliss-reactive ketones (excluding diaryl/α,β-unsaturated/α-hetero) is 1. The zero-order valence-electron chi connectivity index (χ0n) is 11.9. The molecule has 0 radical (unpaired) electrons. The summed E-state index contributed by atoms with van der Waals surface area (Å²) < 4.78 is 0. The highest BCUT2D eigenvalue weighted by Gasteiger charge is 2.24. The summed E-state index contributed by atoms with van der Waals surface area (Å²) in [5, 5.41) is 9.76. The number of rotatable bonds is 6. The van der Waals surface area contributed by atoms with Gasteiger partial charge in [-0.3, -0.25) is 9.69 Å². The third-order valence-electron chi connectivity index (χ3n) is 3.26. The molecule has 0 amide bonds. The smallest absolute Gasteiger partial charge is 0.181 e. The van der Waals surface area contributed by atoms with Crippen LogP contribution in [0.4, 0.5) is 0 Å². The Kier molecular flexibility index (Phi) is 6.48. The van der Waals surface area contributed by atoms with Crippen LogP contribution in [0.25, 0.3) is 0 Å². The summed E-state index contributed by atoms with van der Waals surface area (Å²) in [7, 11) is 0. The fraction of sp³-hybridized carbons (Fsp3) is 0.467. The molecule has 2 unspecified atom stereocenters. The van der Waals surface area contributed by atoms with Gasteiger partial charge in [-0.05, 0) is 38.6 Å². The van der Waals surface area contributed by atoms with Gasteiger partial charge < -0.3 is 0 Å². The molecule has 0 fully saturated rings. The van der Waals surface area contributed by atoms with E-state index in [1.54, 1.807) is 18.2 Å². The van der Waals surface area contributed by atoms with E-state index >= 15 is 0 Å². The molecule has 0 saturated carbocycles. The van der Waals surface area contributed by atoms with E-state index in [0.717, 1.165) is 0 Å². The van der Waals surface area contributed by atoms with Crippen molar-refractivity contribution in [2.24, 2.45) is 5.92 Å². The number of hydrogen-bond acceptors (Lipinski definition) is 3. The lowest BCUT2D eigenvalue weighted by Crippen LogP contribution is -2.41. The standard InChI is InChI=1S/C15H18Cl2N2O/c1-4-19(9-10(2)8-18)11(3)15(20)13-6-5-12(16)7-14(13)17/h5-7,10-11H,4,9H2,1-3H3. The van der Waals surface area contributed by atoms with Gasteiger partial charge in [0.2, 0.25) is 0 Å². The predicted molar refractivity (Wildman–Crippen MR) is 82.3 cm³/mol. The van der Waals surface area contributed by atoms with Crippen LogP contribution in [0.2, 0.25) is 10.0 Å². The fourth-order valence-corrected chi connectivity index (χ4v) is 2.54. The summed E-state index contributed by atoms with van der Waals surface area (Å²) in [6.45, 7) is 6.91. The highest BCUT2D eigenvalue weighted by atomic mass is 35.5. The Labute approximate surface area is 130 Å². The first-order valence-corrected chi connectivity index (χ1v) is 7.29. The normalized spacial score (nSPS) is 13.8. The second-order valence-corrected chi connectivity index (χ2v) is 5.63. The van der Waals surface area contributed by atoms with Gasteiger partial charge in [-0.2, -0.15) is 5.26 Å². The van der Waals surface area contributed by atoms with E-state index < -0.39 is 0 Å². The summed E-state index contributed by atoms with van der Waals surface area (Å²) in [5.74, 6) is -0.176. The van der Waals surface area contributed by atoms with Crippen molar-refractivity contribution in [1.82, 2.24) is 4.90 Å². The minimum atomic E-state index is -0.325. The van der Waals surface area contributed by atoms with Crippen molar-refractivity contribution in [3.05, 3.63) is 33.8 Å². The molecule has 1 aromatic rings. The molecule has 2 atom stereocenters. The monoisotopic (exact) mass is 312 g/mol. The van der Waals surface area contributed by atoms with E-state index in [-0.39, 0.29) is 17.7 Å². The van der Waals surface area contributed by atoms with Gasteiger partial charge in [-0.1, -0.05) is 30.1 Å². The molecule has 1 rings (SSSR count). The highest BCUT2D eigenvalue weighted by molar-refractivity contribution is 6.37. The molecular weight excluding hydrogens is 295 g/mol. The quantitative estimate of drug-likeness (QED) is 0.744. The van der Waals surface area contributed by atoms with Crippen LogP contribution in [0.5, 0.6) is 0 Å². The lowest BCUT2D eigenvalue weighted by molar-refractivity contribution is 0.0835. The maximum Gasteiger partial charge on any atom is 0.181 e. The Hall–Kier alpha value is -1.08. The Bertz CT molecular complexity index is 525. The minimum absolute atomic E-state index is 0.0568. The van der Waals surface area contributed by atoms with Gasteiger partial charge in [0.05, 0.1) is 23.1 Å². The average Bonchev–Trinajstić information content (AvgIpc) is 2.43. The SMILES string of the molecule is CCN(CC(C)C#N)C(C)C(=O)c1ccc(Cl)cc1Cl. The molecule has 0 spiro atoms. The van der Waals surface area contributed by atoms with Gasteiger partial charge >= 0.3 is 0 Å². The molecular formula is C15H18Cl2N2O. The van der Waals surface area contributed by atoms with E-state index in [9.17, 15) is 4.79 Å². The van der Waals surface area contributed by atoms with Gasteiger partial charge in [0, 0.05) is 17.1 Å². The number of carbonyl (C=O) groups is 1. The molecule has 20 heavy (non-hydrogen) atoms. The van der Waals surface area contributed by atoms with E-state index in [0.29, 0.717) is 28.7 Å². The minimum Gasteiger partial charge on any atom is -0.292 e. The molecule has 1 aromatic carbocycles. The van der Waals surface area contributed by atoms with Crippen molar-refractivity contribution in [3.8, 4) is 6.07 Å². The molecule has 108 valence electrons. The first kappa shape index (κ1) is 17.0. The molecule has 0 saturated heterocycles. The van der Waals surface area contributed by atoms with E-state index in [2.05, 4.69) is 6.07 Å². The zero-order valence-corrected chi connectivity index (χ0v) is 13.4. The number of hydrogen-bond donors (Lipinski definition) is 0. The maximum atomic E-state index is 12.5. The molecule has 0 aromatic heterocycles. The Balaban J connectivity index is 2.92. The predicted octanol–water partition coefficient (Wildman–Crippen LogP) is 4.05. The number of halogens is 2. The summed E-state index contributed by atoms with van der Waals surface area (Å²) in [6.07, 6.45) is 0. The van der Waals surface area contributed by atoms with Crippen molar-refractivity contribution >= 4 is 29.0 Å². The lowest BCUT2D eigenvalue weighted by atomic mass is 10.0. The van der Waals surface area contributed by atoms with Crippen LogP contribution in [0, 0.1) is 17.2 Å². The molecule has 3 nitrogen and oxygen atoms in total. The first-order valence-electron chi connectivity index (χ1n) is 6.53. The van der Waals surface area contributed by atoms with E-state index in [4.69, 9.17) is 28.5 Å². The highest BCUT2D eigenvalue weighted by Crippen LogP contribution is 2.23. The second kappa shape index (κ2) is 7.64. The maximum absolute atomic E-state index is 12.5. The summed E-state index contributed by atoms with van der Waals surface area (Å²) in [4.78, 5) is 14.5. The van der Waals surface area contributed by atoms with Crippen LogP contribution in [0.15, 0.2) is 18.2 Å². The number of likely N-dealkylation sites (N-methyl/N-ethyl adjacent to an activating group) is 1. The summed E-state index contributed by atoms with van der Waals surface area (Å²) >= 11 is 11.9. The van der Waals surface area contributed by atoms with Crippen LogP contribution >= 0.6 is 23.2 Å². The molecule has 0 heterocycles. The third kappa shape index (κ3) is 4.21. The number of nitrogens with zero attached hydrogens (tertiary/aromatic N) is 2. The Morgan fingerprint density at radius 3 is 2.55 bits per heavy atom. The van der Waals surface area contributed by atoms with Crippen molar-refractivity contribution in [2.75, 3.05) is 13.1 Å². The van der Waals surface area contributed by atoms with Crippen molar-refractivity contribution in [2.45, 2.75) is 26.8 Å². The topological polar surface area (TPSA) is 44.1 Å². The van der Waals surface area contributed by atoms with Crippen LogP contribution in [0.3, 0.4) is 0 Å². The lowest BCUT2D eigenvalue weighted by Gasteiger charge is -2.27. The van der Waals surface area contributed by atoms with Crippen molar-refractivity contribution in [3.63, 3.8) is 0 Å². The Morgan fingerprint density at radius 1 is 1.40 bits per heavy atom. The van der Waals surface area contributed by atoms with Gasteiger partial charge in [0.1, 0.15) is 0 Å². The molecule has 5 heteroatoms. The average molecular weight is 313 g/mol. The Morgan fingerprint density at radius 2 is 2.05 bits per heavy atom. The van der Waals surface area contributed by atoms with E-state index in [1.807, 2.05) is 25.7 Å². The van der Waals surface area contributed by atoms with Crippen LogP contribution in [0.1, 0.15) is 31.1 Å². The van der Waals surface area contributed by atoms with Gasteiger partial charge in [-0.25, -0.2) is 0 Å². The number of benzene rings is 1. The first-order chi connectivity index (χ1) is 9.40. The van der Waals surface area contributed by atoms with Crippen LogP contribution in [-0.4, -0.2) is 29.8 Å². The number of carbonyl (C=O) groups excluding carboxylic acids is 1. The largest absolute Gasteiger partial charge is 0.292 e. The second-order valence-electron chi connectivity index (χ2n) is 4.78. The van der Waals surface area contributed by atoms with Crippen LogP contribution < -0.4 is 0 Å². The fourth-order valence-electron chi connectivity index (χ4n) is 2.03. The molecule has 0 aliphatic rings. The van der Waals surface area contributed by atoms with Gasteiger partial charge in [0.25, 0.3) is 0 Å². The number of ketones is 1. The van der Waals surface area contributed by atoms with Crippen molar-refractivity contribution in [1.29, 1.82) is 5.26 Å². The third-order valence-corrected chi connectivity index (χ3v) is 3.81. The molecule has 0 bridgehead atoms. The van der Waals surface area contributed by atoms with E-state index in [1.165, 1.54) is 0 Å². The molecule has 0 aliphatic carbocycles. The van der Waals surface area contributed by atoms with Gasteiger partial charge in [-0.15, -0.1) is 0 Å². The summed E-state index contributed by atoms with van der Waals surface area (Å²) in [6, 6.07) is 6.73. The van der Waals surface area contributed by atoms with Crippen LogP contribution in [-0.2, 0) is 0 Å². The van der Waals surface area contributed by atoms with Crippen molar-refractivity contribution < 1.29 is 4.79 Å².